The highest BCUT2D eigenvalue weighted by molar-refractivity contribution is 5.76. The first-order valence-electron chi connectivity index (χ1n) is 8.11. The van der Waals surface area contributed by atoms with Crippen molar-refractivity contribution in [2.75, 3.05) is 0 Å². The third kappa shape index (κ3) is 4.09. The monoisotopic (exact) mass is 275 g/mol. The first-order valence-corrected chi connectivity index (χ1v) is 8.11. The van der Waals surface area contributed by atoms with Gasteiger partial charge in [-0.2, -0.15) is 5.10 Å². The minimum Gasteiger partial charge on any atom is -0.352 e. The molecular formula is C16H25N3O. The molecule has 0 atom stereocenters. The molecule has 0 unspecified atom stereocenters. The summed E-state index contributed by atoms with van der Waals surface area (Å²) in [6, 6.07) is 2.50. The highest BCUT2D eigenvalue weighted by Gasteiger charge is 2.23. The Balaban J connectivity index is 1.42. The smallest absolute Gasteiger partial charge is 0.241 e. The van der Waals surface area contributed by atoms with Crippen LogP contribution >= 0.6 is 0 Å². The SMILES string of the molecule is O=C(Cn1ccc(CCC2CCCCC2)n1)NC1CC1. The van der Waals surface area contributed by atoms with E-state index in [0.717, 1.165) is 30.9 Å². The Hall–Kier alpha value is -1.32. The molecule has 0 spiro atoms. The molecule has 4 heteroatoms. The lowest BCUT2D eigenvalue weighted by Crippen LogP contribution is -2.29. The van der Waals surface area contributed by atoms with Crippen molar-refractivity contribution in [3.8, 4) is 0 Å². The van der Waals surface area contributed by atoms with Crippen molar-refractivity contribution in [2.24, 2.45) is 5.92 Å². The Morgan fingerprint density at radius 1 is 1.25 bits per heavy atom. The van der Waals surface area contributed by atoms with Crippen molar-refractivity contribution in [1.82, 2.24) is 15.1 Å². The van der Waals surface area contributed by atoms with Crippen molar-refractivity contribution in [2.45, 2.75) is 70.4 Å². The van der Waals surface area contributed by atoms with E-state index < -0.39 is 0 Å². The number of aryl methyl sites for hydroxylation is 1. The maximum Gasteiger partial charge on any atom is 0.241 e. The summed E-state index contributed by atoms with van der Waals surface area (Å²) in [7, 11) is 0. The second-order valence-electron chi connectivity index (χ2n) is 6.39. The van der Waals surface area contributed by atoms with Gasteiger partial charge in [-0.25, -0.2) is 0 Å². The Kier molecular flexibility index (Phi) is 4.38. The van der Waals surface area contributed by atoms with Gasteiger partial charge in [-0.15, -0.1) is 0 Å². The Morgan fingerprint density at radius 2 is 2.05 bits per heavy atom. The van der Waals surface area contributed by atoms with E-state index in [9.17, 15) is 4.79 Å². The molecular weight excluding hydrogens is 250 g/mol. The van der Waals surface area contributed by atoms with Gasteiger partial charge in [0.25, 0.3) is 0 Å². The van der Waals surface area contributed by atoms with Gasteiger partial charge in [-0.1, -0.05) is 32.1 Å². The first kappa shape index (κ1) is 13.7. The molecule has 110 valence electrons. The van der Waals surface area contributed by atoms with Crippen molar-refractivity contribution in [1.29, 1.82) is 0 Å². The van der Waals surface area contributed by atoms with Crippen LogP contribution in [0.1, 0.15) is 57.1 Å². The standard InChI is InChI=1S/C16H25N3O/c20-16(17-14-8-9-14)12-19-11-10-15(18-19)7-6-13-4-2-1-3-5-13/h10-11,13-14H,1-9,12H2,(H,17,20). The number of amides is 1. The summed E-state index contributed by atoms with van der Waals surface area (Å²) >= 11 is 0. The molecule has 3 rings (SSSR count). The van der Waals surface area contributed by atoms with Crippen LogP contribution in [-0.2, 0) is 17.8 Å². The van der Waals surface area contributed by atoms with E-state index in [2.05, 4.69) is 16.5 Å². The summed E-state index contributed by atoms with van der Waals surface area (Å²) in [6.07, 6.45) is 13.5. The van der Waals surface area contributed by atoms with Crippen LogP contribution < -0.4 is 5.32 Å². The lowest BCUT2D eigenvalue weighted by atomic mass is 9.86. The molecule has 0 saturated heterocycles. The number of carbonyl (C=O) groups excluding carboxylic acids is 1. The molecule has 0 aliphatic heterocycles. The largest absolute Gasteiger partial charge is 0.352 e. The molecule has 1 aromatic heterocycles. The molecule has 2 aliphatic rings. The second-order valence-corrected chi connectivity index (χ2v) is 6.39. The quantitative estimate of drug-likeness (QED) is 0.867. The van der Waals surface area contributed by atoms with Crippen LogP contribution in [0.3, 0.4) is 0 Å². The van der Waals surface area contributed by atoms with Gasteiger partial charge < -0.3 is 5.32 Å². The van der Waals surface area contributed by atoms with E-state index >= 15 is 0 Å². The number of nitrogens with zero attached hydrogens (tertiary/aromatic N) is 2. The Labute approximate surface area is 120 Å². The average molecular weight is 275 g/mol. The van der Waals surface area contributed by atoms with Crippen LogP contribution in [-0.4, -0.2) is 21.7 Å². The van der Waals surface area contributed by atoms with Crippen molar-refractivity contribution in [3.05, 3.63) is 18.0 Å². The highest BCUT2D eigenvalue weighted by Crippen LogP contribution is 2.27. The number of nitrogens with one attached hydrogen (secondary N) is 1. The molecule has 1 amide bonds. The summed E-state index contributed by atoms with van der Waals surface area (Å²) < 4.78 is 1.77. The second kappa shape index (κ2) is 6.42. The predicted octanol–water partition coefficient (Wildman–Crippen LogP) is 2.67. The highest BCUT2D eigenvalue weighted by atomic mass is 16.2. The van der Waals surface area contributed by atoms with E-state index in [0.29, 0.717) is 12.6 Å². The van der Waals surface area contributed by atoms with Crippen LogP contribution in [0, 0.1) is 5.92 Å². The van der Waals surface area contributed by atoms with Gasteiger partial charge in [-0.3, -0.25) is 9.48 Å². The fourth-order valence-corrected chi connectivity index (χ4v) is 3.10. The molecule has 1 N–H and O–H groups in total. The summed E-state index contributed by atoms with van der Waals surface area (Å²) in [5, 5.41) is 7.51. The van der Waals surface area contributed by atoms with Gasteiger partial charge in [0.1, 0.15) is 6.54 Å². The first-order chi connectivity index (χ1) is 9.79. The molecule has 1 heterocycles. The van der Waals surface area contributed by atoms with E-state index in [1.165, 1.54) is 38.5 Å². The zero-order chi connectivity index (χ0) is 13.8. The lowest BCUT2D eigenvalue weighted by Gasteiger charge is -2.20. The third-order valence-electron chi connectivity index (χ3n) is 4.48. The number of hydrogen-bond acceptors (Lipinski definition) is 2. The summed E-state index contributed by atoms with van der Waals surface area (Å²) in [5.41, 5.74) is 1.13. The topological polar surface area (TPSA) is 46.9 Å². The Bertz CT molecular complexity index is 444. The zero-order valence-corrected chi connectivity index (χ0v) is 12.2. The Morgan fingerprint density at radius 3 is 2.80 bits per heavy atom. The van der Waals surface area contributed by atoms with Gasteiger partial charge in [0.05, 0.1) is 5.69 Å². The maximum atomic E-state index is 11.7. The fourth-order valence-electron chi connectivity index (χ4n) is 3.10. The number of rotatable bonds is 6. The number of aromatic nitrogens is 2. The maximum absolute atomic E-state index is 11.7. The molecule has 2 fully saturated rings. The summed E-state index contributed by atoms with van der Waals surface area (Å²) in [5.74, 6) is 0.987. The van der Waals surface area contributed by atoms with Crippen LogP contribution in [0.25, 0.3) is 0 Å². The van der Waals surface area contributed by atoms with Crippen molar-refractivity contribution >= 4 is 5.91 Å². The van der Waals surface area contributed by atoms with Gasteiger partial charge in [0.15, 0.2) is 0 Å². The predicted molar refractivity (Wildman–Crippen MR) is 78.3 cm³/mol. The summed E-state index contributed by atoms with van der Waals surface area (Å²) in [6.45, 7) is 0.361. The van der Waals surface area contributed by atoms with Crippen LogP contribution in [0.15, 0.2) is 12.3 Å². The van der Waals surface area contributed by atoms with E-state index in [1.54, 1.807) is 4.68 Å². The third-order valence-corrected chi connectivity index (χ3v) is 4.48. The van der Waals surface area contributed by atoms with Crippen LogP contribution in [0.5, 0.6) is 0 Å². The number of hydrogen-bond donors (Lipinski definition) is 1. The van der Waals surface area contributed by atoms with E-state index in [4.69, 9.17) is 0 Å². The zero-order valence-electron chi connectivity index (χ0n) is 12.2. The average Bonchev–Trinajstić information content (AvgIpc) is 3.15. The van der Waals surface area contributed by atoms with Gasteiger partial charge in [-0.05, 0) is 37.7 Å². The van der Waals surface area contributed by atoms with Gasteiger partial charge in [0, 0.05) is 12.2 Å². The molecule has 4 nitrogen and oxygen atoms in total. The van der Waals surface area contributed by atoms with E-state index in [1.807, 2.05) is 6.20 Å². The van der Waals surface area contributed by atoms with Crippen molar-refractivity contribution < 1.29 is 4.79 Å². The molecule has 0 aromatic carbocycles. The normalized spacial score (nSPS) is 20.0. The molecule has 2 saturated carbocycles. The molecule has 2 aliphatic carbocycles. The van der Waals surface area contributed by atoms with Gasteiger partial charge in [0.2, 0.25) is 5.91 Å². The van der Waals surface area contributed by atoms with E-state index in [-0.39, 0.29) is 5.91 Å². The lowest BCUT2D eigenvalue weighted by molar-refractivity contribution is -0.122. The molecule has 20 heavy (non-hydrogen) atoms. The van der Waals surface area contributed by atoms with Crippen LogP contribution in [0.2, 0.25) is 0 Å². The number of carbonyl (C=O) groups is 1. The van der Waals surface area contributed by atoms with Gasteiger partial charge >= 0.3 is 0 Å². The minimum absolute atomic E-state index is 0.0921. The molecule has 0 radical (unpaired) electrons. The molecule has 0 bridgehead atoms. The minimum atomic E-state index is 0.0921. The molecule has 1 aromatic rings. The van der Waals surface area contributed by atoms with Crippen LogP contribution in [0.4, 0.5) is 0 Å². The fraction of sp³-hybridized carbons (Fsp3) is 0.750. The van der Waals surface area contributed by atoms with Crippen molar-refractivity contribution in [3.63, 3.8) is 0 Å². The summed E-state index contributed by atoms with van der Waals surface area (Å²) in [4.78, 5) is 11.7.